The predicted molar refractivity (Wildman–Crippen MR) is 261 cm³/mol. The van der Waals surface area contributed by atoms with E-state index in [0.29, 0.717) is 48.5 Å². The van der Waals surface area contributed by atoms with Gasteiger partial charge in [-0.05, 0) is 127 Å². The fourth-order valence-electron chi connectivity index (χ4n) is 9.35. The smallest absolute Gasteiger partial charge is 0.243 e. The largest absolute Gasteiger partial charge is 0.361 e. The maximum atomic E-state index is 17.0. The Kier molecular flexibility index (Phi) is 13.9. The van der Waals surface area contributed by atoms with Gasteiger partial charge in [0, 0.05) is 67.9 Å². The first-order valence-electron chi connectivity index (χ1n) is 22.4. The van der Waals surface area contributed by atoms with Gasteiger partial charge in [-0.2, -0.15) is 0 Å². The van der Waals surface area contributed by atoms with E-state index in [0.717, 1.165) is 28.2 Å². The summed E-state index contributed by atoms with van der Waals surface area (Å²) in [4.78, 5) is 1.59. The van der Waals surface area contributed by atoms with E-state index >= 15 is 35.1 Å². The molecule has 8 N–H and O–H groups in total. The first-order valence-corrected chi connectivity index (χ1v) is 28.3. The van der Waals surface area contributed by atoms with Gasteiger partial charge in [0.25, 0.3) is 0 Å². The average molecular weight is 1140 g/mol. The number of halogens is 8. The SMILES string of the molecule is CNS(=O)(=O)c1ccc(F)c(/C2=C3\CC/C(=C(\c4c(F)ccc(S(=O)(=O)NC)c4F)c4ccc([nH]4)/C(c4c(F)ccc(S(=O)(=O)NC)c4F)=C4/CC/C(=C(\c5c(F)ccc(S(=O)(=O)NC)c5F)c5ccc2[nH]5)N4)N3)c1F. The van der Waals surface area contributed by atoms with Gasteiger partial charge in [-0.25, -0.2) is 87.7 Å². The molecule has 0 radical (unpaired) electrons. The molecule has 2 aromatic heterocycles. The Labute approximate surface area is 429 Å². The highest BCUT2D eigenvalue weighted by atomic mass is 32.2. The fraction of sp³-hybridized carbons (Fsp3) is 0.167. The van der Waals surface area contributed by atoms with Crippen molar-refractivity contribution < 1.29 is 68.8 Å². The van der Waals surface area contributed by atoms with Crippen LogP contribution in [0.5, 0.6) is 0 Å². The molecular formula is C48H40F8N8O8S4. The highest BCUT2D eigenvalue weighted by Crippen LogP contribution is 2.45. The van der Waals surface area contributed by atoms with Crippen LogP contribution in [0, 0.1) is 46.5 Å². The molecule has 2 saturated heterocycles. The van der Waals surface area contributed by atoms with E-state index in [1.807, 2.05) is 18.9 Å². The second-order valence-corrected chi connectivity index (χ2v) is 24.4. The Bertz CT molecular complexity index is 3600. The van der Waals surface area contributed by atoms with E-state index in [1.54, 1.807) is 0 Å². The lowest BCUT2D eigenvalue weighted by molar-refractivity contribution is 0.539. The van der Waals surface area contributed by atoms with Crippen LogP contribution in [0.15, 0.2) is 115 Å². The highest BCUT2D eigenvalue weighted by Gasteiger charge is 2.37. The van der Waals surface area contributed by atoms with Crippen LogP contribution in [0.3, 0.4) is 0 Å². The van der Waals surface area contributed by atoms with Crippen LogP contribution in [-0.4, -0.2) is 71.8 Å². The Balaban J connectivity index is 1.46. The Hall–Kier alpha value is -6.92. The number of hydrogen-bond acceptors (Lipinski definition) is 10. The number of rotatable bonds is 12. The summed E-state index contributed by atoms with van der Waals surface area (Å²) in [5.41, 5.74) is -8.03. The average Bonchev–Trinajstić information content (AvgIpc) is 4.26. The third kappa shape index (κ3) is 8.93. The molecule has 0 spiro atoms. The van der Waals surface area contributed by atoms with E-state index in [1.165, 1.54) is 24.3 Å². The first kappa shape index (κ1) is 53.9. The van der Waals surface area contributed by atoms with Gasteiger partial charge in [0.1, 0.15) is 42.9 Å². The van der Waals surface area contributed by atoms with E-state index in [2.05, 4.69) is 20.6 Å². The maximum absolute atomic E-state index is 17.0. The van der Waals surface area contributed by atoms with Gasteiger partial charge in [-0.3, -0.25) is 0 Å². The molecule has 8 bridgehead atoms. The van der Waals surface area contributed by atoms with Crippen molar-refractivity contribution in [1.82, 2.24) is 39.5 Å². The number of benzene rings is 4. The molecule has 3 aliphatic rings. The zero-order valence-corrected chi connectivity index (χ0v) is 42.9. The number of allylic oxidation sites excluding steroid dienone is 4. The van der Waals surface area contributed by atoms with Crippen molar-refractivity contribution in [3.05, 3.63) is 187 Å². The number of aromatic nitrogens is 2. The van der Waals surface area contributed by atoms with Gasteiger partial charge in [-0.1, -0.05) is 0 Å². The monoisotopic (exact) mass is 1140 g/mol. The van der Waals surface area contributed by atoms with E-state index < -0.39 is 151 Å². The molecule has 28 heteroatoms. The second-order valence-electron chi connectivity index (χ2n) is 17.0. The quantitative estimate of drug-likeness (QED) is 0.0611. The molecule has 3 aliphatic heterocycles. The van der Waals surface area contributed by atoms with Crippen LogP contribution in [0.2, 0.25) is 0 Å². The molecule has 0 aliphatic carbocycles. The lowest BCUT2D eigenvalue weighted by atomic mass is 9.97. The molecular weight excluding hydrogens is 1100 g/mol. The molecule has 6 aromatic rings. The lowest BCUT2D eigenvalue weighted by Gasteiger charge is -2.19. The highest BCUT2D eigenvalue weighted by molar-refractivity contribution is 7.90. The van der Waals surface area contributed by atoms with Crippen molar-refractivity contribution in [3.8, 4) is 0 Å². The van der Waals surface area contributed by atoms with Crippen LogP contribution in [0.4, 0.5) is 35.1 Å². The van der Waals surface area contributed by atoms with Crippen LogP contribution in [-0.2, 0) is 40.1 Å². The number of hydrogen-bond donors (Lipinski definition) is 8. The van der Waals surface area contributed by atoms with Gasteiger partial charge in [-0.15, -0.1) is 0 Å². The third-order valence-electron chi connectivity index (χ3n) is 13.0. The minimum atomic E-state index is -4.68. The van der Waals surface area contributed by atoms with E-state index in [4.69, 9.17) is 0 Å². The standard InChI is InChI=1S/C48H40F8N8O8S4/c1-57-73(65,66)33-17-5-21(49)37(45(33)53)41-25-9-11-27(61-25)42(38-22(50)6-18-34(46(38)54)74(67,68)58-2)29-13-15-31(63-29)44(40-24(52)8-20-36(48(40)56)76(71,72)60-4)32-16-14-30(64-32)43(28-12-10-26(41)62-28)39-23(51)7-19-35(47(39)55)75(69,70)59-3/h5-9,11,14,16-20,57-64H,10,12-13,15H2,1-4H3/b41-26+,42-29+,43-28+,44-31+. The molecule has 0 atom stereocenters. The molecule has 9 rings (SSSR count). The summed E-state index contributed by atoms with van der Waals surface area (Å²) < 4.78 is 247. The topological polar surface area (TPSA) is 240 Å². The predicted octanol–water partition coefficient (Wildman–Crippen LogP) is 6.61. The second kappa shape index (κ2) is 19.6. The number of aromatic amines is 2. The minimum Gasteiger partial charge on any atom is -0.361 e. The summed E-state index contributed by atoms with van der Waals surface area (Å²) >= 11 is 0. The van der Waals surface area contributed by atoms with Crippen molar-refractivity contribution in [2.75, 3.05) is 28.2 Å². The molecule has 5 heterocycles. The number of fused-ring (bicyclic) bond motifs is 8. The summed E-state index contributed by atoms with van der Waals surface area (Å²) in [7, 11) is -14.9. The van der Waals surface area contributed by atoms with Gasteiger partial charge in [0.05, 0.1) is 22.3 Å². The minimum absolute atomic E-state index is 0.196. The molecule has 400 valence electrons. The summed E-state index contributed by atoms with van der Waals surface area (Å²) in [6, 6.07) is 9.82. The molecule has 0 unspecified atom stereocenters. The van der Waals surface area contributed by atoms with Crippen LogP contribution in [0.1, 0.15) is 70.7 Å². The summed E-state index contributed by atoms with van der Waals surface area (Å²) in [5.74, 6) is -12.0. The van der Waals surface area contributed by atoms with Crippen LogP contribution < -0.4 is 29.5 Å². The van der Waals surface area contributed by atoms with Gasteiger partial charge < -0.3 is 20.6 Å². The Morgan fingerprint density at radius 2 is 0.526 bits per heavy atom. The van der Waals surface area contributed by atoms with Crippen LogP contribution in [0.25, 0.3) is 22.3 Å². The first-order chi connectivity index (χ1) is 35.8. The van der Waals surface area contributed by atoms with Crippen molar-refractivity contribution in [2.45, 2.75) is 45.3 Å². The molecule has 0 saturated carbocycles. The lowest BCUT2D eigenvalue weighted by Crippen LogP contribution is -2.21. The van der Waals surface area contributed by atoms with Crippen molar-refractivity contribution in [1.29, 1.82) is 0 Å². The number of H-pyrrole nitrogens is 2. The maximum Gasteiger partial charge on any atom is 0.243 e. The molecule has 2 fully saturated rings. The normalized spacial score (nSPS) is 19.3. The third-order valence-corrected chi connectivity index (χ3v) is 18.7. The van der Waals surface area contributed by atoms with E-state index in [9.17, 15) is 33.7 Å². The number of nitrogens with one attached hydrogen (secondary N) is 8. The zero-order valence-electron chi connectivity index (χ0n) is 39.7. The van der Waals surface area contributed by atoms with E-state index in [-0.39, 0.29) is 71.2 Å². The van der Waals surface area contributed by atoms with Crippen molar-refractivity contribution in [2.24, 2.45) is 0 Å². The molecule has 16 nitrogen and oxygen atoms in total. The summed E-state index contributed by atoms with van der Waals surface area (Å²) in [5, 5.41) is 5.87. The van der Waals surface area contributed by atoms with Crippen LogP contribution >= 0.6 is 0 Å². The number of sulfonamides is 4. The Morgan fingerprint density at radius 1 is 0.329 bits per heavy atom. The van der Waals surface area contributed by atoms with Gasteiger partial charge in [0.15, 0.2) is 23.3 Å². The zero-order chi connectivity index (χ0) is 55.1. The van der Waals surface area contributed by atoms with Crippen molar-refractivity contribution in [3.63, 3.8) is 0 Å². The molecule has 76 heavy (non-hydrogen) atoms. The Morgan fingerprint density at radius 3 is 0.711 bits per heavy atom. The summed E-state index contributed by atoms with van der Waals surface area (Å²) in [6.07, 6.45) is -1.35. The summed E-state index contributed by atoms with van der Waals surface area (Å²) in [6.45, 7) is 0. The molecule has 0 amide bonds. The fourth-order valence-corrected chi connectivity index (χ4v) is 12.6. The van der Waals surface area contributed by atoms with Crippen molar-refractivity contribution >= 4 is 62.4 Å². The van der Waals surface area contributed by atoms with Gasteiger partial charge >= 0.3 is 0 Å². The molecule has 4 aromatic carbocycles. The van der Waals surface area contributed by atoms with Gasteiger partial charge in [0.2, 0.25) is 40.1 Å².